The molecule has 124 valence electrons. The highest BCUT2D eigenvalue weighted by atomic mass is 32.2. The van der Waals surface area contributed by atoms with E-state index in [-0.39, 0.29) is 11.2 Å². The van der Waals surface area contributed by atoms with Gasteiger partial charge in [-0.15, -0.1) is 21.5 Å². The molecule has 0 saturated carbocycles. The van der Waals surface area contributed by atoms with E-state index >= 15 is 0 Å². The molecule has 24 heavy (non-hydrogen) atoms. The van der Waals surface area contributed by atoms with Gasteiger partial charge in [-0.2, -0.15) is 0 Å². The molecule has 1 amide bonds. The maximum Gasteiger partial charge on any atom is 0.239 e. The third-order valence-electron chi connectivity index (χ3n) is 3.46. The Balaban J connectivity index is 1.71. The molecule has 2 heterocycles. The van der Waals surface area contributed by atoms with E-state index in [2.05, 4.69) is 20.5 Å². The summed E-state index contributed by atoms with van der Waals surface area (Å²) in [4.78, 5) is 16.3. The van der Waals surface area contributed by atoms with Gasteiger partial charge in [0.25, 0.3) is 0 Å². The minimum Gasteiger partial charge on any atom is -0.305 e. The normalized spacial score (nSPS) is 12.1. The summed E-state index contributed by atoms with van der Waals surface area (Å²) in [5.41, 5.74) is 2.20. The Labute approximate surface area is 148 Å². The van der Waals surface area contributed by atoms with E-state index in [4.69, 9.17) is 0 Å². The van der Waals surface area contributed by atoms with E-state index in [1.807, 2.05) is 55.1 Å². The van der Waals surface area contributed by atoms with E-state index < -0.39 is 0 Å². The van der Waals surface area contributed by atoms with Crippen LogP contribution >= 0.6 is 23.1 Å². The quantitative estimate of drug-likeness (QED) is 0.707. The van der Waals surface area contributed by atoms with E-state index in [9.17, 15) is 4.79 Å². The van der Waals surface area contributed by atoms with Crippen LogP contribution in [-0.4, -0.2) is 30.9 Å². The zero-order valence-electron chi connectivity index (χ0n) is 13.6. The van der Waals surface area contributed by atoms with Crippen LogP contribution in [0.4, 0.5) is 5.13 Å². The first-order valence-corrected chi connectivity index (χ1v) is 9.14. The van der Waals surface area contributed by atoms with Crippen LogP contribution in [0.3, 0.4) is 0 Å². The van der Waals surface area contributed by atoms with Crippen LogP contribution in [0.15, 0.2) is 41.0 Å². The molecule has 1 atom stereocenters. The Bertz CT molecular complexity index is 827. The highest BCUT2D eigenvalue weighted by molar-refractivity contribution is 8.00. The van der Waals surface area contributed by atoms with Crippen LogP contribution in [0.25, 0.3) is 11.4 Å². The smallest absolute Gasteiger partial charge is 0.239 e. The molecule has 6 nitrogen and oxygen atoms in total. The van der Waals surface area contributed by atoms with Crippen molar-refractivity contribution in [2.45, 2.75) is 24.3 Å². The first-order chi connectivity index (χ1) is 11.5. The molecule has 0 radical (unpaired) electrons. The lowest BCUT2D eigenvalue weighted by atomic mass is 10.1. The molecule has 0 aliphatic heterocycles. The highest BCUT2D eigenvalue weighted by Crippen LogP contribution is 2.26. The summed E-state index contributed by atoms with van der Waals surface area (Å²) in [7, 11) is 1.91. The van der Waals surface area contributed by atoms with Gasteiger partial charge in [-0.25, -0.2) is 4.98 Å². The van der Waals surface area contributed by atoms with Crippen LogP contribution < -0.4 is 5.32 Å². The molecule has 3 rings (SSSR count). The molecule has 1 aromatic carbocycles. The molecule has 0 bridgehead atoms. The Hall–Kier alpha value is -2.19. The summed E-state index contributed by atoms with van der Waals surface area (Å²) in [6.45, 7) is 3.89. The molecule has 2 aromatic heterocycles. The standard InChI is InChI=1S/C16H17N5OS2/c1-10-4-6-12(7-5-10)13-19-20-16(21(13)3)24-11(2)14(22)18-15-17-8-9-23-15/h4-9,11H,1-3H3,(H,17,18,22). The molecule has 1 unspecified atom stereocenters. The number of thiazole rings is 1. The average Bonchev–Trinajstić information content (AvgIpc) is 3.19. The number of carbonyl (C=O) groups is 1. The largest absolute Gasteiger partial charge is 0.305 e. The summed E-state index contributed by atoms with van der Waals surface area (Å²) in [6, 6.07) is 8.13. The van der Waals surface area contributed by atoms with E-state index in [1.165, 1.54) is 28.7 Å². The van der Waals surface area contributed by atoms with Crippen molar-refractivity contribution in [2.75, 3.05) is 5.32 Å². The van der Waals surface area contributed by atoms with Crippen LogP contribution in [-0.2, 0) is 11.8 Å². The number of aryl methyl sites for hydroxylation is 1. The number of hydrogen-bond donors (Lipinski definition) is 1. The van der Waals surface area contributed by atoms with E-state index in [1.54, 1.807) is 6.20 Å². The third-order valence-corrected chi connectivity index (χ3v) is 5.28. The second-order valence-corrected chi connectivity index (χ2v) is 7.52. The molecule has 3 aromatic rings. The second kappa shape index (κ2) is 7.14. The van der Waals surface area contributed by atoms with Gasteiger partial charge < -0.3 is 9.88 Å². The van der Waals surface area contributed by atoms with Gasteiger partial charge >= 0.3 is 0 Å². The Morgan fingerprint density at radius 2 is 2.04 bits per heavy atom. The minimum absolute atomic E-state index is 0.102. The number of carbonyl (C=O) groups excluding carboxylic acids is 1. The molecule has 0 aliphatic carbocycles. The van der Waals surface area contributed by atoms with Crippen molar-refractivity contribution in [2.24, 2.45) is 7.05 Å². The highest BCUT2D eigenvalue weighted by Gasteiger charge is 2.20. The fourth-order valence-electron chi connectivity index (χ4n) is 2.08. The lowest BCUT2D eigenvalue weighted by Gasteiger charge is -2.10. The average molecular weight is 359 g/mol. The summed E-state index contributed by atoms with van der Waals surface area (Å²) in [5, 5.41) is 14.1. The number of anilines is 1. The number of aromatic nitrogens is 4. The van der Waals surface area contributed by atoms with Crippen molar-refractivity contribution < 1.29 is 4.79 Å². The molecule has 0 aliphatic rings. The zero-order chi connectivity index (χ0) is 17.1. The topological polar surface area (TPSA) is 72.7 Å². The van der Waals surface area contributed by atoms with Crippen LogP contribution in [0.2, 0.25) is 0 Å². The lowest BCUT2D eigenvalue weighted by Crippen LogP contribution is -2.22. The van der Waals surface area contributed by atoms with Crippen LogP contribution in [0, 0.1) is 6.92 Å². The first kappa shape index (κ1) is 16.7. The van der Waals surface area contributed by atoms with Gasteiger partial charge in [0.1, 0.15) is 0 Å². The Kier molecular flexibility index (Phi) is 4.96. The third kappa shape index (κ3) is 3.65. The SMILES string of the molecule is Cc1ccc(-c2nnc(SC(C)C(=O)Nc3nccs3)n2C)cc1. The van der Waals surface area contributed by atoms with Crippen molar-refractivity contribution in [1.82, 2.24) is 19.7 Å². The van der Waals surface area contributed by atoms with Crippen molar-refractivity contribution in [3.05, 3.63) is 41.4 Å². The maximum absolute atomic E-state index is 12.2. The van der Waals surface area contributed by atoms with Crippen LogP contribution in [0.1, 0.15) is 12.5 Å². The number of hydrogen-bond acceptors (Lipinski definition) is 6. The van der Waals surface area contributed by atoms with Gasteiger partial charge in [-0.3, -0.25) is 4.79 Å². The van der Waals surface area contributed by atoms with Gasteiger partial charge in [-0.1, -0.05) is 41.6 Å². The summed E-state index contributed by atoms with van der Waals surface area (Å²) in [6.07, 6.45) is 1.66. The predicted octanol–water partition coefficient (Wildman–Crippen LogP) is 3.37. The summed E-state index contributed by atoms with van der Waals surface area (Å²) in [5.74, 6) is 0.680. The van der Waals surface area contributed by atoms with Crippen molar-refractivity contribution >= 4 is 34.1 Å². The predicted molar refractivity (Wildman–Crippen MR) is 97.2 cm³/mol. The zero-order valence-corrected chi connectivity index (χ0v) is 15.2. The van der Waals surface area contributed by atoms with Crippen molar-refractivity contribution in [3.63, 3.8) is 0 Å². The fourth-order valence-corrected chi connectivity index (χ4v) is 3.42. The maximum atomic E-state index is 12.2. The number of nitrogens with one attached hydrogen (secondary N) is 1. The molecule has 0 spiro atoms. The number of benzene rings is 1. The fraction of sp³-hybridized carbons (Fsp3) is 0.250. The Morgan fingerprint density at radius 1 is 1.29 bits per heavy atom. The minimum atomic E-state index is -0.303. The monoisotopic (exact) mass is 359 g/mol. The molecule has 0 saturated heterocycles. The number of amides is 1. The second-order valence-electron chi connectivity index (χ2n) is 5.32. The van der Waals surface area contributed by atoms with Gasteiger partial charge in [0.05, 0.1) is 5.25 Å². The summed E-state index contributed by atoms with van der Waals surface area (Å²) < 4.78 is 1.91. The number of nitrogens with zero attached hydrogens (tertiary/aromatic N) is 4. The molecular weight excluding hydrogens is 342 g/mol. The number of rotatable bonds is 5. The lowest BCUT2D eigenvalue weighted by molar-refractivity contribution is -0.115. The van der Waals surface area contributed by atoms with E-state index in [0.29, 0.717) is 10.3 Å². The first-order valence-electron chi connectivity index (χ1n) is 7.38. The van der Waals surface area contributed by atoms with Crippen LogP contribution in [0.5, 0.6) is 0 Å². The Morgan fingerprint density at radius 3 is 2.71 bits per heavy atom. The number of thioether (sulfide) groups is 1. The molecule has 8 heteroatoms. The van der Waals surface area contributed by atoms with Gasteiger partial charge in [0.2, 0.25) is 5.91 Å². The van der Waals surface area contributed by atoms with Gasteiger partial charge in [-0.05, 0) is 13.8 Å². The molecule has 0 fully saturated rings. The van der Waals surface area contributed by atoms with Crippen molar-refractivity contribution in [1.29, 1.82) is 0 Å². The van der Waals surface area contributed by atoms with Gasteiger partial charge in [0, 0.05) is 24.2 Å². The van der Waals surface area contributed by atoms with Gasteiger partial charge in [0.15, 0.2) is 16.1 Å². The van der Waals surface area contributed by atoms with Crippen molar-refractivity contribution in [3.8, 4) is 11.4 Å². The molecule has 1 N–H and O–H groups in total. The molecular formula is C16H17N5OS2. The summed E-state index contributed by atoms with van der Waals surface area (Å²) >= 11 is 2.77. The van der Waals surface area contributed by atoms with E-state index in [0.717, 1.165) is 11.4 Å².